The molecule has 4 nitrogen and oxygen atoms in total. The van der Waals surface area contributed by atoms with Crippen LogP contribution in [-0.2, 0) is 9.53 Å². The predicted molar refractivity (Wildman–Crippen MR) is 69.6 cm³/mol. The van der Waals surface area contributed by atoms with Crippen LogP contribution < -0.4 is 0 Å². The van der Waals surface area contributed by atoms with Crippen molar-refractivity contribution in [2.75, 3.05) is 19.8 Å². The van der Waals surface area contributed by atoms with E-state index in [2.05, 4.69) is 18.7 Å². The molecule has 0 aromatic carbocycles. The lowest BCUT2D eigenvalue weighted by Crippen LogP contribution is -2.56. The zero-order valence-electron chi connectivity index (χ0n) is 11.5. The number of hydrogen-bond donors (Lipinski definition) is 1. The molecule has 1 heterocycles. The third-order valence-electron chi connectivity index (χ3n) is 4.53. The molecule has 0 aromatic heterocycles. The van der Waals surface area contributed by atoms with E-state index in [9.17, 15) is 4.79 Å². The number of morpholine rings is 1. The normalized spacial score (nSPS) is 33.2. The molecule has 2 unspecified atom stereocenters. The zero-order chi connectivity index (χ0) is 13.2. The van der Waals surface area contributed by atoms with E-state index in [4.69, 9.17) is 9.84 Å². The summed E-state index contributed by atoms with van der Waals surface area (Å²) in [4.78, 5) is 13.4. The molecule has 4 heteroatoms. The lowest BCUT2D eigenvalue weighted by Gasteiger charge is -2.49. The second-order valence-electron chi connectivity index (χ2n) is 6.31. The topological polar surface area (TPSA) is 49.8 Å². The van der Waals surface area contributed by atoms with Gasteiger partial charge >= 0.3 is 5.97 Å². The first-order chi connectivity index (χ1) is 8.50. The van der Waals surface area contributed by atoms with Crippen LogP contribution in [0.3, 0.4) is 0 Å². The molecule has 2 fully saturated rings. The average Bonchev–Trinajstić information content (AvgIpc) is 2.29. The summed E-state index contributed by atoms with van der Waals surface area (Å²) in [5.74, 6) is -0.718. The van der Waals surface area contributed by atoms with E-state index in [1.807, 2.05) is 0 Å². The van der Waals surface area contributed by atoms with Crippen molar-refractivity contribution < 1.29 is 14.6 Å². The van der Waals surface area contributed by atoms with Crippen LogP contribution in [0.4, 0.5) is 0 Å². The van der Waals surface area contributed by atoms with Crippen molar-refractivity contribution >= 4 is 5.97 Å². The lowest BCUT2D eigenvalue weighted by atomic mass is 9.72. The van der Waals surface area contributed by atoms with Gasteiger partial charge in [-0.3, -0.25) is 9.69 Å². The largest absolute Gasteiger partial charge is 0.481 e. The van der Waals surface area contributed by atoms with E-state index in [0.29, 0.717) is 18.1 Å². The molecule has 104 valence electrons. The van der Waals surface area contributed by atoms with Gasteiger partial charge < -0.3 is 9.84 Å². The molecule has 1 aliphatic heterocycles. The van der Waals surface area contributed by atoms with Gasteiger partial charge in [-0.05, 0) is 18.3 Å². The Kier molecular flexibility index (Phi) is 4.28. The molecule has 1 saturated heterocycles. The molecular weight excluding hydrogens is 230 g/mol. The van der Waals surface area contributed by atoms with Gasteiger partial charge in [0.2, 0.25) is 0 Å². The Balaban J connectivity index is 2.09. The van der Waals surface area contributed by atoms with Gasteiger partial charge in [0, 0.05) is 18.6 Å². The van der Waals surface area contributed by atoms with Gasteiger partial charge in [-0.2, -0.15) is 0 Å². The summed E-state index contributed by atoms with van der Waals surface area (Å²) in [5, 5.41) is 9.03. The SMILES string of the molecule is CC1(C)CCCCC1N1CCOCC1CC(=O)O. The Morgan fingerprint density at radius 3 is 2.89 bits per heavy atom. The molecule has 18 heavy (non-hydrogen) atoms. The van der Waals surface area contributed by atoms with Crippen molar-refractivity contribution in [2.24, 2.45) is 5.41 Å². The minimum Gasteiger partial charge on any atom is -0.481 e. The highest BCUT2D eigenvalue weighted by Crippen LogP contribution is 2.40. The van der Waals surface area contributed by atoms with Crippen LogP contribution in [0.25, 0.3) is 0 Å². The monoisotopic (exact) mass is 255 g/mol. The number of nitrogens with zero attached hydrogens (tertiary/aromatic N) is 1. The Bertz CT molecular complexity index is 303. The van der Waals surface area contributed by atoms with Gasteiger partial charge in [-0.25, -0.2) is 0 Å². The third kappa shape index (κ3) is 3.04. The first-order valence-corrected chi connectivity index (χ1v) is 7.06. The van der Waals surface area contributed by atoms with Gasteiger partial charge in [0.25, 0.3) is 0 Å². The number of hydrogen-bond acceptors (Lipinski definition) is 3. The highest BCUT2D eigenvalue weighted by Gasteiger charge is 2.40. The summed E-state index contributed by atoms with van der Waals surface area (Å²) >= 11 is 0. The van der Waals surface area contributed by atoms with Gasteiger partial charge in [-0.1, -0.05) is 26.7 Å². The van der Waals surface area contributed by atoms with Gasteiger partial charge in [-0.15, -0.1) is 0 Å². The third-order valence-corrected chi connectivity index (χ3v) is 4.53. The van der Waals surface area contributed by atoms with E-state index in [0.717, 1.165) is 13.2 Å². The van der Waals surface area contributed by atoms with Crippen molar-refractivity contribution in [3.05, 3.63) is 0 Å². The van der Waals surface area contributed by atoms with Gasteiger partial charge in [0.1, 0.15) is 0 Å². The standard InChI is InChI=1S/C14H25NO3/c1-14(2)6-4-3-5-12(14)15-7-8-18-10-11(15)9-13(16)17/h11-12H,3-10H2,1-2H3,(H,16,17). The number of rotatable bonds is 3. The van der Waals surface area contributed by atoms with Crippen molar-refractivity contribution in [2.45, 2.75) is 58.0 Å². The summed E-state index contributed by atoms with van der Waals surface area (Å²) in [6.45, 7) is 6.84. The number of ether oxygens (including phenoxy) is 1. The van der Waals surface area contributed by atoms with E-state index in [1.54, 1.807) is 0 Å². The fourth-order valence-corrected chi connectivity index (χ4v) is 3.55. The van der Waals surface area contributed by atoms with Crippen LogP contribution in [-0.4, -0.2) is 47.8 Å². The van der Waals surface area contributed by atoms with Crippen LogP contribution in [0.15, 0.2) is 0 Å². The van der Waals surface area contributed by atoms with Gasteiger partial charge in [0.05, 0.1) is 19.6 Å². The second-order valence-corrected chi connectivity index (χ2v) is 6.31. The Hall–Kier alpha value is -0.610. The van der Waals surface area contributed by atoms with Gasteiger partial charge in [0.15, 0.2) is 0 Å². The summed E-state index contributed by atoms with van der Waals surface area (Å²) in [6.07, 6.45) is 5.22. The first-order valence-electron chi connectivity index (χ1n) is 7.06. The van der Waals surface area contributed by atoms with Crippen molar-refractivity contribution in [3.63, 3.8) is 0 Å². The van der Waals surface area contributed by atoms with Crippen LogP contribution >= 0.6 is 0 Å². The molecule has 1 saturated carbocycles. The van der Waals surface area contributed by atoms with Crippen LogP contribution in [0.2, 0.25) is 0 Å². The van der Waals surface area contributed by atoms with Crippen LogP contribution in [0.1, 0.15) is 46.0 Å². The predicted octanol–water partition coefficient (Wildman–Crippen LogP) is 2.13. The Morgan fingerprint density at radius 1 is 1.44 bits per heavy atom. The second kappa shape index (κ2) is 5.57. The summed E-state index contributed by atoms with van der Waals surface area (Å²) in [7, 11) is 0. The highest BCUT2D eigenvalue weighted by atomic mass is 16.5. The molecule has 0 radical (unpaired) electrons. The first kappa shape index (κ1) is 13.8. The fourth-order valence-electron chi connectivity index (χ4n) is 3.55. The van der Waals surface area contributed by atoms with Crippen LogP contribution in [0, 0.1) is 5.41 Å². The van der Waals surface area contributed by atoms with Crippen molar-refractivity contribution in [1.29, 1.82) is 0 Å². The molecule has 1 N–H and O–H groups in total. The molecule has 2 aliphatic rings. The van der Waals surface area contributed by atoms with Crippen LogP contribution in [0.5, 0.6) is 0 Å². The molecule has 0 spiro atoms. The maximum atomic E-state index is 11.0. The summed E-state index contributed by atoms with van der Waals surface area (Å²) in [5.41, 5.74) is 0.298. The van der Waals surface area contributed by atoms with Crippen molar-refractivity contribution in [1.82, 2.24) is 4.90 Å². The Labute approximate surface area is 109 Å². The molecular formula is C14H25NO3. The summed E-state index contributed by atoms with van der Waals surface area (Å²) < 4.78 is 5.47. The number of aliphatic carboxylic acids is 1. The van der Waals surface area contributed by atoms with E-state index < -0.39 is 5.97 Å². The minimum absolute atomic E-state index is 0.0543. The average molecular weight is 255 g/mol. The number of carboxylic acid groups (broad SMARTS) is 1. The Morgan fingerprint density at radius 2 is 2.22 bits per heavy atom. The minimum atomic E-state index is -0.718. The fraction of sp³-hybridized carbons (Fsp3) is 0.929. The van der Waals surface area contributed by atoms with E-state index in [1.165, 1.54) is 25.7 Å². The molecule has 0 amide bonds. The molecule has 0 aromatic rings. The number of carbonyl (C=O) groups is 1. The quantitative estimate of drug-likeness (QED) is 0.839. The number of carboxylic acids is 1. The smallest absolute Gasteiger partial charge is 0.305 e. The zero-order valence-corrected chi connectivity index (χ0v) is 11.5. The maximum absolute atomic E-state index is 11.0. The van der Waals surface area contributed by atoms with E-state index in [-0.39, 0.29) is 12.5 Å². The molecule has 1 aliphatic carbocycles. The lowest BCUT2D eigenvalue weighted by molar-refractivity contribution is -0.142. The van der Waals surface area contributed by atoms with E-state index >= 15 is 0 Å². The maximum Gasteiger partial charge on any atom is 0.305 e. The van der Waals surface area contributed by atoms with Crippen molar-refractivity contribution in [3.8, 4) is 0 Å². The highest BCUT2D eigenvalue weighted by molar-refractivity contribution is 5.67. The molecule has 2 atom stereocenters. The summed E-state index contributed by atoms with van der Waals surface area (Å²) in [6, 6.07) is 0.568. The molecule has 0 bridgehead atoms. The molecule has 2 rings (SSSR count).